The number of benzene rings is 2. The van der Waals surface area contributed by atoms with Gasteiger partial charge in [-0.25, -0.2) is 4.79 Å². The number of unbranched alkanes of at least 4 members (excludes halogenated alkanes) is 1. The lowest BCUT2D eigenvalue weighted by atomic mass is 9.91. The Hall–Kier alpha value is -2.33. The summed E-state index contributed by atoms with van der Waals surface area (Å²) in [6, 6.07) is 11.4. The van der Waals surface area contributed by atoms with Crippen LogP contribution in [0.25, 0.3) is 0 Å². The molecule has 1 atom stereocenters. The number of carboxylic acids is 1. The summed E-state index contributed by atoms with van der Waals surface area (Å²) in [7, 11) is 0. The summed E-state index contributed by atoms with van der Waals surface area (Å²) in [5.41, 5.74) is 2.75. The average molecular weight is 326 g/mol. The lowest BCUT2D eigenvalue weighted by Gasteiger charge is -2.24. The number of fused-ring (bicyclic) bond motifs is 2. The predicted molar refractivity (Wildman–Crippen MR) is 92.0 cm³/mol. The van der Waals surface area contributed by atoms with Gasteiger partial charge in [0, 0.05) is 18.6 Å². The van der Waals surface area contributed by atoms with Gasteiger partial charge in [0.15, 0.2) is 0 Å². The molecule has 2 aromatic rings. The Morgan fingerprint density at radius 3 is 2.79 bits per heavy atom. The number of para-hydroxylation sites is 1. The lowest BCUT2D eigenvalue weighted by Crippen LogP contribution is -2.15. The summed E-state index contributed by atoms with van der Waals surface area (Å²) in [5, 5.41) is 9.78. The van der Waals surface area contributed by atoms with E-state index in [1.807, 2.05) is 43.3 Å². The van der Waals surface area contributed by atoms with Crippen LogP contribution in [0.3, 0.4) is 0 Å². The quantitative estimate of drug-likeness (QED) is 0.651. The minimum atomic E-state index is -0.934. The Bertz CT molecular complexity index is 751. The summed E-state index contributed by atoms with van der Waals surface area (Å²) in [6.45, 7) is 4.64. The van der Waals surface area contributed by atoms with Gasteiger partial charge in [0.05, 0.1) is 11.7 Å². The fourth-order valence-electron chi connectivity index (χ4n) is 3.06. The molecule has 0 amide bonds. The highest BCUT2D eigenvalue weighted by molar-refractivity contribution is 5.92. The molecular weight excluding hydrogens is 304 g/mol. The second-order valence-electron chi connectivity index (χ2n) is 6.06. The van der Waals surface area contributed by atoms with E-state index in [1.165, 1.54) is 0 Å². The fraction of sp³-hybridized carbons (Fsp3) is 0.350. The third-order valence-corrected chi connectivity index (χ3v) is 4.38. The van der Waals surface area contributed by atoms with Crippen molar-refractivity contribution in [1.82, 2.24) is 0 Å². The highest BCUT2D eigenvalue weighted by atomic mass is 16.5. The maximum Gasteiger partial charge on any atom is 0.336 e. The van der Waals surface area contributed by atoms with Crippen molar-refractivity contribution in [2.75, 3.05) is 6.61 Å². The first-order chi connectivity index (χ1) is 11.6. The normalized spacial score (nSPS) is 13.6. The molecule has 0 aliphatic carbocycles. The molecule has 0 aromatic heterocycles. The Kier molecular flexibility index (Phi) is 4.86. The van der Waals surface area contributed by atoms with Gasteiger partial charge in [0.25, 0.3) is 0 Å². The first-order valence-corrected chi connectivity index (χ1v) is 8.38. The molecule has 3 rings (SSSR count). The highest BCUT2D eigenvalue weighted by Crippen LogP contribution is 2.40. The minimum Gasteiger partial charge on any atom is -0.478 e. The van der Waals surface area contributed by atoms with Crippen molar-refractivity contribution in [2.45, 2.75) is 39.2 Å². The topological polar surface area (TPSA) is 55.8 Å². The maximum absolute atomic E-state index is 11.9. The van der Waals surface area contributed by atoms with Gasteiger partial charge >= 0.3 is 5.97 Å². The van der Waals surface area contributed by atoms with Crippen molar-refractivity contribution in [3.05, 3.63) is 58.7 Å². The zero-order valence-electron chi connectivity index (χ0n) is 14.0. The van der Waals surface area contributed by atoms with Gasteiger partial charge < -0.3 is 14.6 Å². The number of hydrogen-bond donors (Lipinski definition) is 1. The van der Waals surface area contributed by atoms with Crippen molar-refractivity contribution in [1.29, 1.82) is 0 Å². The third-order valence-electron chi connectivity index (χ3n) is 4.38. The van der Waals surface area contributed by atoms with E-state index < -0.39 is 5.97 Å². The number of carboxylic acid groups (broad SMARTS) is 1. The molecule has 0 bridgehead atoms. The number of aromatic carboxylic acids is 1. The van der Waals surface area contributed by atoms with Crippen LogP contribution in [0.5, 0.6) is 11.5 Å². The number of ether oxygens (including phenoxy) is 2. The van der Waals surface area contributed by atoms with Crippen LogP contribution in [0.1, 0.15) is 59.8 Å². The van der Waals surface area contributed by atoms with Crippen LogP contribution in [0, 0.1) is 0 Å². The third kappa shape index (κ3) is 3.15. The molecule has 126 valence electrons. The Morgan fingerprint density at radius 2 is 2.04 bits per heavy atom. The fourth-order valence-corrected chi connectivity index (χ4v) is 3.06. The van der Waals surface area contributed by atoms with E-state index in [-0.39, 0.29) is 6.10 Å². The Labute approximate surface area is 142 Å². The van der Waals surface area contributed by atoms with Crippen LogP contribution in [0.4, 0.5) is 0 Å². The van der Waals surface area contributed by atoms with Gasteiger partial charge in [-0.2, -0.15) is 0 Å². The Balaban J connectivity index is 1.98. The van der Waals surface area contributed by atoms with E-state index in [9.17, 15) is 9.90 Å². The number of rotatable bonds is 6. The highest BCUT2D eigenvalue weighted by Gasteiger charge is 2.27. The molecule has 1 aliphatic heterocycles. The number of carbonyl (C=O) groups is 1. The molecule has 1 unspecified atom stereocenters. The van der Waals surface area contributed by atoms with Crippen LogP contribution >= 0.6 is 0 Å². The van der Waals surface area contributed by atoms with Crippen molar-refractivity contribution in [2.24, 2.45) is 0 Å². The zero-order valence-corrected chi connectivity index (χ0v) is 14.0. The van der Waals surface area contributed by atoms with E-state index in [0.717, 1.165) is 29.7 Å². The molecule has 4 nitrogen and oxygen atoms in total. The van der Waals surface area contributed by atoms with Gasteiger partial charge in [-0.15, -0.1) is 0 Å². The van der Waals surface area contributed by atoms with E-state index in [0.29, 0.717) is 29.9 Å². The summed E-state index contributed by atoms with van der Waals surface area (Å²) in [5.74, 6) is 0.479. The maximum atomic E-state index is 11.9. The molecule has 2 aromatic carbocycles. The molecule has 24 heavy (non-hydrogen) atoms. The molecule has 0 spiro atoms. The molecule has 0 fully saturated rings. The smallest absolute Gasteiger partial charge is 0.336 e. The summed E-state index contributed by atoms with van der Waals surface area (Å²) in [6.07, 6.45) is 2.31. The van der Waals surface area contributed by atoms with Crippen LogP contribution in [-0.2, 0) is 11.2 Å². The lowest BCUT2D eigenvalue weighted by molar-refractivity contribution is 0.0581. The largest absolute Gasteiger partial charge is 0.478 e. The standard InChI is InChI=1S/C20H22O4/c1-3-4-11-23-13(2)15-9-10-18-16(19(15)20(21)22)12-14-7-5-6-8-17(14)24-18/h5-10,13H,3-4,11-12H2,1-2H3,(H,21,22). The second-order valence-corrected chi connectivity index (χ2v) is 6.06. The van der Waals surface area contributed by atoms with E-state index in [4.69, 9.17) is 9.47 Å². The van der Waals surface area contributed by atoms with Gasteiger partial charge in [0.1, 0.15) is 11.5 Å². The van der Waals surface area contributed by atoms with Crippen molar-refractivity contribution in [3.63, 3.8) is 0 Å². The van der Waals surface area contributed by atoms with Crippen molar-refractivity contribution in [3.8, 4) is 11.5 Å². The van der Waals surface area contributed by atoms with Gasteiger partial charge in [-0.1, -0.05) is 37.6 Å². The summed E-state index contributed by atoms with van der Waals surface area (Å²) in [4.78, 5) is 11.9. The molecule has 1 heterocycles. The van der Waals surface area contributed by atoms with Gasteiger partial charge in [-0.05, 0) is 36.6 Å². The zero-order chi connectivity index (χ0) is 17.1. The monoisotopic (exact) mass is 326 g/mol. The number of hydrogen-bond acceptors (Lipinski definition) is 3. The molecular formula is C20H22O4. The minimum absolute atomic E-state index is 0.259. The van der Waals surface area contributed by atoms with Crippen LogP contribution < -0.4 is 4.74 Å². The van der Waals surface area contributed by atoms with E-state index in [2.05, 4.69) is 6.92 Å². The second kappa shape index (κ2) is 7.05. The van der Waals surface area contributed by atoms with Gasteiger partial charge in [-0.3, -0.25) is 0 Å². The molecule has 0 saturated heterocycles. The predicted octanol–water partition coefficient (Wildman–Crippen LogP) is 4.96. The van der Waals surface area contributed by atoms with Crippen molar-refractivity contribution < 1.29 is 19.4 Å². The van der Waals surface area contributed by atoms with Gasteiger partial charge in [0.2, 0.25) is 0 Å². The average Bonchev–Trinajstić information content (AvgIpc) is 2.58. The Morgan fingerprint density at radius 1 is 1.25 bits per heavy atom. The SMILES string of the molecule is CCCCOC(C)c1ccc2c(c1C(=O)O)Cc1ccccc1O2. The first kappa shape index (κ1) is 16.5. The molecule has 1 N–H and O–H groups in total. The molecule has 0 radical (unpaired) electrons. The molecule has 0 saturated carbocycles. The van der Waals surface area contributed by atoms with E-state index >= 15 is 0 Å². The van der Waals surface area contributed by atoms with E-state index in [1.54, 1.807) is 0 Å². The van der Waals surface area contributed by atoms with Crippen LogP contribution in [0.2, 0.25) is 0 Å². The summed E-state index contributed by atoms with van der Waals surface area (Å²) >= 11 is 0. The first-order valence-electron chi connectivity index (χ1n) is 8.38. The molecule has 4 heteroatoms. The summed E-state index contributed by atoms with van der Waals surface area (Å²) < 4.78 is 11.7. The van der Waals surface area contributed by atoms with Crippen LogP contribution in [-0.4, -0.2) is 17.7 Å². The van der Waals surface area contributed by atoms with Crippen molar-refractivity contribution >= 4 is 5.97 Å². The molecule has 1 aliphatic rings. The van der Waals surface area contributed by atoms with Crippen LogP contribution in [0.15, 0.2) is 36.4 Å².